The average molecular weight is 363 g/mol. The van der Waals surface area contributed by atoms with Gasteiger partial charge in [0.25, 0.3) is 0 Å². The number of carbonyl (C=O) groups is 2. The maximum absolute atomic E-state index is 12.2. The molecule has 2 aromatic carbocycles. The minimum atomic E-state index is -4.95. The number of nitrogens with one attached hydrogen (secondary N) is 2. The van der Waals surface area contributed by atoms with Gasteiger partial charge in [-0.1, -0.05) is 42.5 Å². The van der Waals surface area contributed by atoms with E-state index in [4.69, 9.17) is 0 Å². The third kappa shape index (κ3) is 5.73. The number of anilines is 1. The van der Waals surface area contributed by atoms with E-state index in [2.05, 4.69) is 10.5 Å². The Balaban J connectivity index is 1.94. The Morgan fingerprint density at radius 2 is 1.62 bits per heavy atom. The van der Waals surface area contributed by atoms with E-state index >= 15 is 0 Å². The molecule has 26 heavy (non-hydrogen) atoms. The van der Waals surface area contributed by atoms with Crippen molar-refractivity contribution >= 4 is 23.2 Å². The van der Waals surface area contributed by atoms with E-state index in [0.717, 1.165) is 5.56 Å². The van der Waals surface area contributed by atoms with E-state index in [-0.39, 0.29) is 18.0 Å². The van der Waals surface area contributed by atoms with Crippen molar-refractivity contribution in [2.24, 2.45) is 5.10 Å². The monoisotopic (exact) mass is 363 g/mol. The summed E-state index contributed by atoms with van der Waals surface area (Å²) in [6.07, 6.45) is -4.76. The van der Waals surface area contributed by atoms with Crippen LogP contribution in [0.4, 0.5) is 18.9 Å². The molecule has 0 radical (unpaired) electrons. The number of hydrazone groups is 1. The highest BCUT2D eigenvalue weighted by atomic mass is 19.4. The molecule has 2 aromatic rings. The Bertz CT molecular complexity index is 801. The van der Waals surface area contributed by atoms with Crippen LogP contribution < -0.4 is 10.7 Å². The van der Waals surface area contributed by atoms with Crippen molar-refractivity contribution in [2.75, 3.05) is 5.32 Å². The number of halogens is 3. The molecule has 2 amide bonds. The molecule has 0 heterocycles. The summed E-state index contributed by atoms with van der Waals surface area (Å²) in [6, 6.07) is 14.8. The molecule has 0 fully saturated rings. The van der Waals surface area contributed by atoms with E-state index in [9.17, 15) is 22.8 Å². The SMILES string of the molecule is C/C(=N/NC(=O)Cc1ccccc1)c1ccc(NC(=O)C(F)(F)F)cc1. The summed E-state index contributed by atoms with van der Waals surface area (Å²) < 4.78 is 36.6. The molecule has 0 aromatic heterocycles. The predicted molar refractivity (Wildman–Crippen MR) is 91.6 cm³/mol. The third-order valence-corrected chi connectivity index (χ3v) is 3.37. The van der Waals surface area contributed by atoms with Crippen LogP contribution in [0.5, 0.6) is 0 Å². The highest BCUT2D eigenvalue weighted by molar-refractivity contribution is 6.00. The molecule has 0 aliphatic heterocycles. The first-order valence-electron chi connectivity index (χ1n) is 7.61. The number of hydrogen-bond donors (Lipinski definition) is 2. The molecule has 136 valence electrons. The van der Waals surface area contributed by atoms with Gasteiger partial charge in [-0.2, -0.15) is 18.3 Å². The fourth-order valence-electron chi connectivity index (χ4n) is 2.03. The molecule has 0 spiro atoms. The fourth-order valence-corrected chi connectivity index (χ4v) is 2.03. The van der Waals surface area contributed by atoms with Crippen LogP contribution in [0.1, 0.15) is 18.1 Å². The van der Waals surface area contributed by atoms with E-state index in [0.29, 0.717) is 11.3 Å². The van der Waals surface area contributed by atoms with Crippen LogP contribution in [0, 0.1) is 0 Å². The van der Waals surface area contributed by atoms with E-state index in [1.54, 1.807) is 12.2 Å². The molecule has 2 N–H and O–H groups in total. The van der Waals surface area contributed by atoms with Crippen LogP contribution in [0.2, 0.25) is 0 Å². The van der Waals surface area contributed by atoms with Crippen molar-refractivity contribution in [2.45, 2.75) is 19.5 Å². The zero-order chi connectivity index (χ0) is 19.2. The minimum Gasteiger partial charge on any atom is -0.318 e. The van der Waals surface area contributed by atoms with Crippen molar-refractivity contribution < 1.29 is 22.8 Å². The topological polar surface area (TPSA) is 70.6 Å². The quantitative estimate of drug-likeness (QED) is 0.632. The van der Waals surface area contributed by atoms with Crippen LogP contribution in [0.3, 0.4) is 0 Å². The molecule has 5 nitrogen and oxygen atoms in total. The molecule has 0 unspecified atom stereocenters. The number of benzene rings is 2. The fraction of sp³-hybridized carbons (Fsp3) is 0.167. The van der Waals surface area contributed by atoms with Gasteiger partial charge >= 0.3 is 12.1 Å². The summed E-state index contributed by atoms with van der Waals surface area (Å²) in [5.41, 5.74) is 4.35. The number of hydrogen-bond acceptors (Lipinski definition) is 3. The Morgan fingerprint density at radius 3 is 2.19 bits per heavy atom. The highest BCUT2D eigenvalue weighted by Crippen LogP contribution is 2.18. The van der Waals surface area contributed by atoms with Crippen molar-refractivity contribution in [3.63, 3.8) is 0 Å². The van der Waals surface area contributed by atoms with Gasteiger partial charge < -0.3 is 5.32 Å². The summed E-state index contributed by atoms with van der Waals surface area (Å²) in [5, 5.41) is 5.72. The second kappa shape index (κ2) is 8.28. The van der Waals surface area contributed by atoms with Crippen LogP contribution in [0.25, 0.3) is 0 Å². The number of rotatable bonds is 5. The number of alkyl halides is 3. The molecular formula is C18H16F3N3O2. The maximum atomic E-state index is 12.2. The lowest BCUT2D eigenvalue weighted by Crippen LogP contribution is -2.29. The molecule has 2 rings (SSSR count). The zero-order valence-electron chi connectivity index (χ0n) is 13.8. The van der Waals surface area contributed by atoms with Crippen LogP contribution in [0.15, 0.2) is 59.7 Å². The van der Waals surface area contributed by atoms with Gasteiger partial charge in [-0.25, -0.2) is 5.43 Å². The summed E-state index contributed by atoms with van der Waals surface area (Å²) in [6.45, 7) is 1.64. The summed E-state index contributed by atoms with van der Waals surface area (Å²) in [5.74, 6) is -2.33. The van der Waals surface area contributed by atoms with E-state index in [1.165, 1.54) is 24.3 Å². The van der Waals surface area contributed by atoms with Gasteiger partial charge in [0.05, 0.1) is 12.1 Å². The van der Waals surface area contributed by atoms with E-state index < -0.39 is 12.1 Å². The normalized spacial score (nSPS) is 11.8. The number of nitrogens with zero attached hydrogens (tertiary/aromatic N) is 1. The predicted octanol–water partition coefficient (Wildman–Crippen LogP) is 3.27. The summed E-state index contributed by atoms with van der Waals surface area (Å²) in [4.78, 5) is 22.7. The van der Waals surface area contributed by atoms with E-state index in [1.807, 2.05) is 30.3 Å². The first-order valence-corrected chi connectivity index (χ1v) is 7.61. The Hall–Kier alpha value is -3.16. The van der Waals surface area contributed by atoms with Gasteiger partial charge in [-0.3, -0.25) is 9.59 Å². The molecular weight excluding hydrogens is 347 g/mol. The van der Waals surface area contributed by atoms with Gasteiger partial charge in [0.2, 0.25) is 5.91 Å². The van der Waals surface area contributed by atoms with Crippen molar-refractivity contribution in [3.8, 4) is 0 Å². The van der Waals surface area contributed by atoms with Crippen LogP contribution in [-0.2, 0) is 16.0 Å². The zero-order valence-corrected chi connectivity index (χ0v) is 13.8. The molecule has 0 bridgehead atoms. The van der Waals surface area contributed by atoms with Gasteiger partial charge in [0.15, 0.2) is 0 Å². The molecule has 0 saturated heterocycles. The number of carbonyl (C=O) groups excluding carboxylic acids is 2. The van der Waals surface area contributed by atoms with Crippen molar-refractivity contribution in [1.29, 1.82) is 0 Å². The van der Waals surface area contributed by atoms with Gasteiger partial charge in [0, 0.05) is 5.69 Å². The van der Waals surface area contributed by atoms with Crippen molar-refractivity contribution in [3.05, 3.63) is 65.7 Å². The lowest BCUT2D eigenvalue weighted by molar-refractivity contribution is -0.167. The largest absolute Gasteiger partial charge is 0.471 e. The molecule has 8 heteroatoms. The van der Waals surface area contributed by atoms with Crippen LogP contribution in [-0.4, -0.2) is 23.7 Å². The molecule has 0 aliphatic rings. The van der Waals surface area contributed by atoms with Gasteiger partial charge in [-0.05, 0) is 30.2 Å². The second-order valence-corrected chi connectivity index (χ2v) is 5.42. The van der Waals surface area contributed by atoms with Gasteiger partial charge in [0.1, 0.15) is 0 Å². The van der Waals surface area contributed by atoms with Gasteiger partial charge in [-0.15, -0.1) is 0 Å². The first-order chi connectivity index (χ1) is 12.3. The Morgan fingerprint density at radius 1 is 1.00 bits per heavy atom. The highest BCUT2D eigenvalue weighted by Gasteiger charge is 2.38. The summed E-state index contributed by atoms with van der Waals surface area (Å²) in [7, 11) is 0. The lowest BCUT2D eigenvalue weighted by atomic mass is 10.1. The average Bonchev–Trinajstić information content (AvgIpc) is 2.60. The van der Waals surface area contributed by atoms with Crippen molar-refractivity contribution in [1.82, 2.24) is 5.43 Å². The Kier molecular flexibility index (Phi) is 6.11. The summed E-state index contributed by atoms with van der Waals surface area (Å²) >= 11 is 0. The Labute approximate surface area is 147 Å². The molecule has 0 atom stereocenters. The number of amides is 2. The maximum Gasteiger partial charge on any atom is 0.471 e. The minimum absolute atomic E-state index is 0.0111. The molecule has 0 aliphatic carbocycles. The molecule has 0 saturated carbocycles. The van der Waals surface area contributed by atoms with Crippen LogP contribution >= 0.6 is 0 Å². The smallest absolute Gasteiger partial charge is 0.318 e. The second-order valence-electron chi connectivity index (χ2n) is 5.42. The standard InChI is InChI=1S/C18H16F3N3O2/c1-12(23-24-16(25)11-13-5-3-2-4-6-13)14-7-9-15(10-8-14)22-17(26)18(19,20)21/h2-10H,11H2,1H3,(H,22,26)(H,24,25)/b23-12-. The lowest BCUT2D eigenvalue weighted by Gasteiger charge is -2.08. The first kappa shape index (κ1) is 19.2. The third-order valence-electron chi connectivity index (χ3n) is 3.37.